The Morgan fingerprint density at radius 1 is 0.818 bits per heavy atom. The van der Waals surface area contributed by atoms with E-state index in [9.17, 15) is 30.0 Å². The number of benzene rings is 1. The molecule has 0 spiro atoms. The van der Waals surface area contributed by atoms with E-state index in [1.807, 2.05) is 0 Å². The first-order valence-corrected chi connectivity index (χ1v) is 9.60. The Hall–Kier alpha value is -1.29. The molecule has 0 aromatic heterocycles. The third-order valence-electron chi connectivity index (χ3n) is 2.61. The van der Waals surface area contributed by atoms with Gasteiger partial charge < -0.3 is 0 Å². The number of rotatable bonds is 9. The van der Waals surface area contributed by atoms with E-state index >= 15 is 0 Å². The number of halogens is 3. The van der Waals surface area contributed by atoms with Gasteiger partial charge >= 0.3 is 0 Å². The van der Waals surface area contributed by atoms with Gasteiger partial charge in [-0.05, 0) is 37.1 Å². The van der Waals surface area contributed by atoms with Crippen molar-refractivity contribution in [3.05, 3.63) is 30.1 Å². The van der Waals surface area contributed by atoms with Gasteiger partial charge in [0.15, 0.2) is 0 Å². The molecule has 0 amide bonds. The number of hydrogen-bond donors (Lipinski definition) is 0. The van der Waals surface area contributed by atoms with Crippen molar-refractivity contribution in [2.75, 3.05) is 28.6 Å². The molecular weight excluding hydrogens is 343 g/mol. The Labute approximate surface area is 127 Å². The molecule has 0 bridgehead atoms. The summed E-state index contributed by atoms with van der Waals surface area (Å²) in [5, 5.41) is 0. The summed E-state index contributed by atoms with van der Waals surface area (Å²) in [6.07, 6.45) is -0.753. The minimum absolute atomic E-state index is 0.130. The number of sulfonamides is 2. The van der Waals surface area contributed by atoms with E-state index in [0.717, 1.165) is 24.3 Å². The summed E-state index contributed by atoms with van der Waals surface area (Å²) in [6.45, 7) is -1.86. The fourth-order valence-electron chi connectivity index (χ4n) is 1.70. The molecule has 0 atom stereocenters. The lowest BCUT2D eigenvalue weighted by atomic mass is 10.3. The van der Waals surface area contributed by atoms with Crippen LogP contribution in [0.5, 0.6) is 0 Å². The van der Waals surface area contributed by atoms with Crippen LogP contribution in [0.15, 0.2) is 24.3 Å². The molecule has 0 radical (unpaired) electrons. The van der Waals surface area contributed by atoms with Crippen molar-refractivity contribution in [3.8, 4) is 0 Å². The van der Waals surface area contributed by atoms with Gasteiger partial charge in [0.2, 0.25) is 20.0 Å². The molecule has 0 unspecified atom stereocenters. The van der Waals surface area contributed by atoms with Crippen molar-refractivity contribution >= 4 is 25.7 Å². The first-order valence-electron chi connectivity index (χ1n) is 6.38. The number of hydrogen-bond acceptors (Lipinski definition) is 4. The Balaban J connectivity index is 3.30. The van der Waals surface area contributed by atoms with E-state index in [1.165, 1.54) is 0 Å². The lowest BCUT2D eigenvalue weighted by Crippen LogP contribution is -2.40. The summed E-state index contributed by atoms with van der Waals surface area (Å²) in [6, 6.07) is 3.76. The zero-order valence-corrected chi connectivity index (χ0v) is 13.2. The van der Waals surface area contributed by atoms with E-state index in [2.05, 4.69) is 0 Å². The first kappa shape index (κ1) is 18.8. The van der Waals surface area contributed by atoms with E-state index < -0.39 is 50.7 Å². The van der Waals surface area contributed by atoms with Crippen LogP contribution >= 0.6 is 0 Å². The lowest BCUT2D eigenvalue weighted by Gasteiger charge is -2.23. The van der Waals surface area contributed by atoms with Crippen LogP contribution in [-0.4, -0.2) is 41.7 Å². The van der Waals surface area contributed by atoms with Crippen LogP contribution in [0.1, 0.15) is 12.8 Å². The molecule has 22 heavy (non-hydrogen) atoms. The summed E-state index contributed by atoms with van der Waals surface area (Å²) < 4.78 is 86.2. The van der Waals surface area contributed by atoms with Gasteiger partial charge in [-0.15, -0.1) is 0 Å². The molecule has 1 aromatic rings. The predicted octanol–water partition coefficient (Wildman–Crippen LogP) is 2.01. The maximum absolute atomic E-state index is 12.9. The van der Waals surface area contributed by atoms with Gasteiger partial charge in [-0.1, -0.05) is 0 Å². The fraction of sp³-hybridized carbons (Fsp3) is 0.500. The monoisotopic (exact) mass is 359 g/mol. The van der Waals surface area contributed by atoms with Crippen LogP contribution in [0.25, 0.3) is 0 Å². The Kier molecular flexibility index (Phi) is 6.66. The summed E-state index contributed by atoms with van der Waals surface area (Å²) >= 11 is 0. The third kappa shape index (κ3) is 4.87. The summed E-state index contributed by atoms with van der Waals surface area (Å²) in [5.74, 6) is -2.13. The van der Waals surface area contributed by atoms with Crippen molar-refractivity contribution in [2.24, 2.45) is 0 Å². The molecule has 10 heteroatoms. The van der Waals surface area contributed by atoms with Gasteiger partial charge in [0.25, 0.3) is 0 Å². The molecule has 0 saturated carbocycles. The van der Waals surface area contributed by atoms with Gasteiger partial charge in [0.05, 0.1) is 30.5 Å². The molecule has 1 rings (SSSR count). The van der Waals surface area contributed by atoms with Crippen LogP contribution in [-0.2, 0) is 20.0 Å². The van der Waals surface area contributed by atoms with Gasteiger partial charge in [0.1, 0.15) is 5.82 Å². The highest BCUT2D eigenvalue weighted by atomic mass is 32.3. The summed E-state index contributed by atoms with van der Waals surface area (Å²) in [7, 11) is -8.76. The second-order valence-corrected chi connectivity index (χ2v) is 8.50. The first-order chi connectivity index (χ1) is 10.2. The topological polar surface area (TPSA) is 71.5 Å². The molecule has 0 N–H and O–H groups in total. The number of nitrogens with zero attached hydrogens (tertiary/aromatic N) is 1. The standard InChI is InChI=1S/C12H16F3NO4S2/c13-7-1-9-21(17,18)16(22(19,20)10-2-8-14)12-5-3-11(15)4-6-12/h3-6H,1-2,7-10H2. The lowest BCUT2D eigenvalue weighted by molar-refractivity contribution is 0.482. The van der Waals surface area contributed by atoms with Crippen LogP contribution in [0.2, 0.25) is 0 Å². The highest BCUT2D eigenvalue weighted by molar-refractivity contribution is 8.10. The highest BCUT2D eigenvalue weighted by Gasteiger charge is 2.33. The quantitative estimate of drug-likeness (QED) is 0.676. The molecule has 0 aliphatic rings. The molecule has 5 nitrogen and oxygen atoms in total. The summed E-state index contributed by atoms with van der Waals surface area (Å²) in [5.41, 5.74) is -0.292. The number of anilines is 1. The molecule has 0 aliphatic heterocycles. The van der Waals surface area contributed by atoms with Gasteiger partial charge in [-0.25, -0.2) is 21.2 Å². The van der Waals surface area contributed by atoms with Crippen molar-refractivity contribution in [1.29, 1.82) is 0 Å². The van der Waals surface area contributed by atoms with Crippen molar-refractivity contribution in [1.82, 2.24) is 0 Å². The van der Waals surface area contributed by atoms with E-state index in [1.54, 1.807) is 0 Å². The molecule has 0 fully saturated rings. The third-order valence-corrected chi connectivity index (χ3v) is 7.02. The second-order valence-electron chi connectivity index (χ2n) is 4.39. The average molecular weight is 359 g/mol. The molecule has 0 aliphatic carbocycles. The zero-order chi connectivity index (χ0) is 16.8. The van der Waals surface area contributed by atoms with Gasteiger partial charge in [-0.3, -0.25) is 8.78 Å². The molecule has 0 saturated heterocycles. The second kappa shape index (κ2) is 7.82. The molecule has 0 heterocycles. The molecular formula is C12H16F3NO4S2. The Bertz CT molecular complexity index is 637. The van der Waals surface area contributed by atoms with Crippen LogP contribution in [0, 0.1) is 5.82 Å². The van der Waals surface area contributed by atoms with E-state index in [-0.39, 0.29) is 22.2 Å². The zero-order valence-electron chi connectivity index (χ0n) is 11.6. The van der Waals surface area contributed by atoms with E-state index in [4.69, 9.17) is 0 Å². The van der Waals surface area contributed by atoms with Crippen molar-refractivity contribution < 1.29 is 30.0 Å². The van der Waals surface area contributed by atoms with Crippen LogP contribution < -0.4 is 3.71 Å². The SMILES string of the molecule is O=S(=O)(CCCF)N(c1ccc(F)cc1)S(=O)(=O)CCCF. The maximum Gasteiger partial charge on any atom is 0.248 e. The largest absolute Gasteiger partial charge is 0.251 e. The molecule has 1 aromatic carbocycles. The normalized spacial score (nSPS) is 12.3. The van der Waals surface area contributed by atoms with Gasteiger partial charge in [0, 0.05) is 0 Å². The minimum Gasteiger partial charge on any atom is -0.251 e. The van der Waals surface area contributed by atoms with Crippen molar-refractivity contribution in [2.45, 2.75) is 12.8 Å². The van der Waals surface area contributed by atoms with Crippen LogP contribution in [0.4, 0.5) is 18.9 Å². The van der Waals surface area contributed by atoms with E-state index in [0.29, 0.717) is 0 Å². The fourth-order valence-corrected chi connectivity index (χ4v) is 5.69. The average Bonchev–Trinajstić information content (AvgIpc) is 2.45. The number of alkyl halides is 2. The summed E-state index contributed by atoms with van der Waals surface area (Å²) in [4.78, 5) is 0. The predicted molar refractivity (Wildman–Crippen MR) is 77.6 cm³/mol. The highest BCUT2D eigenvalue weighted by Crippen LogP contribution is 2.24. The smallest absolute Gasteiger partial charge is 0.248 e. The molecule has 126 valence electrons. The minimum atomic E-state index is -4.38. The Morgan fingerprint density at radius 2 is 1.23 bits per heavy atom. The van der Waals surface area contributed by atoms with Crippen LogP contribution in [0.3, 0.4) is 0 Å². The van der Waals surface area contributed by atoms with Gasteiger partial charge in [-0.2, -0.15) is 3.71 Å². The van der Waals surface area contributed by atoms with Crippen molar-refractivity contribution in [3.63, 3.8) is 0 Å². The Morgan fingerprint density at radius 3 is 1.59 bits per heavy atom. The maximum atomic E-state index is 12.9.